The Bertz CT molecular complexity index is 1010. The van der Waals surface area contributed by atoms with Crippen LogP contribution in [0.5, 0.6) is 0 Å². The van der Waals surface area contributed by atoms with E-state index < -0.39 is 0 Å². The maximum absolute atomic E-state index is 6.35. The monoisotopic (exact) mass is 388 g/mol. The van der Waals surface area contributed by atoms with Gasteiger partial charge in [0.2, 0.25) is 0 Å². The number of aromatic nitrogens is 2. The standard InChI is InChI=1S/C24H21ClN2O/c1-18-2-6-20(7-3-18)24(28-16-19-4-10-22(25)11-5-19)21-8-12-23(13-9-21)27-15-14-26-17-27/h2-15,17,24H,16H2,1H3. The van der Waals surface area contributed by atoms with Gasteiger partial charge in [-0.3, -0.25) is 0 Å². The zero-order valence-corrected chi connectivity index (χ0v) is 16.4. The molecule has 0 fully saturated rings. The Morgan fingerprint density at radius 2 is 1.54 bits per heavy atom. The molecule has 4 heteroatoms. The molecule has 1 aromatic heterocycles. The maximum Gasteiger partial charge on any atom is 0.108 e. The van der Waals surface area contributed by atoms with E-state index >= 15 is 0 Å². The minimum Gasteiger partial charge on any atom is -0.364 e. The molecule has 1 atom stereocenters. The molecule has 0 saturated carbocycles. The third-order valence-electron chi connectivity index (χ3n) is 4.71. The predicted octanol–water partition coefficient (Wildman–Crippen LogP) is 6.14. The predicted molar refractivity (Wildman–Crippen MR) is 113 cm³/mol. The summed E-state index contributed by atoms with van der Waals surface area (Å²) in [4.78, 5) is 4.11. The number of nitrogens with zero attached hydrogens (tertiary/aromatic N) is 2. The van der Waals surface area contributed by atoms with Crippen LogP contribution >= 0.6 is 11.6 Å². The van der Waals surface area contributed by atoms with E-state index in [9.17, 15) is 0 Å². The van der Waals surface area contributed by atoms with Crippen LogP contribution in [-0.4, -0.2) is 9.55 Å². The van der Waals surface area contributed by atoms with E-state index in [1.54, 1.807) is 12.5 Å². The van der Waals surface area contributed by atoms with Gasteiger partial charge < -0.3 is 9.30 Å². The minimum absolute atomic E-state index is 0.145. The van der Waals surface area contributed by atoms with E-state index in [0.717, 1.165) is 27.4 Å². The summed E-state index contributed by atoms with van der Waals surface area (Å²) in [6.45, 7) is 2.60. The Labute approximate surface area is 170 Å². The highest BCUT2D eigenvalue weighted by molar-refractivity contribution is 6.30. The van der Waals surface area contributed by atoms with Crippen LogP contribution in [0.25, 0.3) is 5.69 Å². The molecule has 1 unspecified atom stereocenters. The van der Waals surface area contributed by atoms with Gasteiger partial charge in [-0.15, -0.1) is 0 Å². The molecule has 1 heterocycles. The van der Waals surface area contributed by atoms with Crippen LogP contribution in [0.2, 0.25) is 5.02 Å². The smallest absolute Gasteiger partial charge is 0.108 e. The molecular weight excluding hydrogens is 368 g/mol. The van der Waals surface area contributed by atoms with Crippen molar-refractivity contribution >= 4 is 11.6 Å². The van der Waals surface area contributed by atoms with Crippen LogP contribution in [0.15, 0.2) is 91.5 Å². The van der Waals surface area contributed by atoms with Crippen LogP contribution in [0, 0.1) is 6.92 Å². The number of ether oxygens (including phenoxy) is 1. The van der Waals surface area contributed by atoms with Gasteiger partial charge in [-0.1, -0.05) is 65.7 Å². The normalized spacial score (nSPS) is 12.1. The summed E-state index contributed by atoms with van der Waals surface area (Å²) < 4.78 is 8.33. The van der Waals surface area contributed by atoms with Crippen molar-refractivity contribution in [1.29, 1.82) is 0 Å². The van der Waals surface area contributed by atoms with E-state index in [0.29, 0.717) is 6.61 Å². The van der Waals surface area contributed by atoms with E-state index in [-0.39, 0.29) is 6.10 Å². The fourth-order valence-corrected chi connectivity index (χ4v) is 3.25. The van der Waals surface area contributed by atoms with Gasteiger partial charge in [-0.2, -0.15) is 0 Å². The highest BCUT2D eigenvalue weighted by Gasteiger charge is 2.15. The number of benzene rings is 3. The Balaban J connectivity index is 1.60. The Hall–Kier alpha value is -2.88. The summed E-state index contributed by atoms with van der Waals surface area (Å²) in [5.74, 6) is 0. The van der Waals surface area contributed by atoms with Crippen molar-refractivity contribution in [3.05, 3.63) is 119 Å². The van der Waals surface area contributed by atoms with Crippen molar-refractivity contribution < 1.29 is 4.74 Å². The number of halogens is 1. The maximum atomic E-state index is 6.35. The Kier molecular flexibility index (Phi) is 5.56. The summed E-state index contributed by atoms with van der Waals surface area (Å²) in [6.07, 6.45) is 5.36. The first kappa shape index (κ1) is 18.5. The topological polar surface area (TPSA) is 27.1 Å². The van der Waals surface area contributed by atoms with Crippen LogP contribution in [0.3, 0.4) is 0 Å². The average Bonchev–Trinajstić information content (AvgIpc) is 3.26. The van der Waals surface area contributed by atoms with Gasteiger partial charge in [0.1, 0.15) is 6.10 Å². The van der Waals surface area contributed by atoms with Crippen molar-refractivity contribution in [3.63, 3.8) is 0 Å². The first-order chi connectivity index (χ1) is 13.7. The van der Waals surface area contributed by atoms with Crippen LogP contribution < -0.4 is 0 Å². The first-order valence-electron chi connectivity index (χ1n) is 9.20. The molecule has 0 aliphatic heterocycles. The quantitative estimate of drug-likeness (QED) is 0.396. The lowest BCUT2D eigenvalue weighted by Gasteiger charge is -2.20. The van der Waals surface area contributed by atoms with E-state index in [2.05, 4.69) is 60.4 Å². The molecule has 3 aromatic carbocycles. The van der Waals surface area contributed by atoms with Crippen molar-refractivity contribution in [2.45, 2.75) is 19.6 Å². The van der Waals surface area contributed by atoms with Gasteiger partial charge >= 0.3 is 0 Å². The lowest BCUT2D eigenvalue weighted by molar-refractivity contribution is 0.0667. The highest BCUT2D eigenvalue weighted by Crippen LogP contribution is 2.28. The van der Waals surface area contributed by atoms with Crippen molar-refractivity contribution in [2.24, 2.45) is 0 Å². The summed E-state index contributed by atoms with van der Waals surface area (Å²) in [5.41, 5.74) is 5.64. The minimum atomic E-state index is -0.145. The molecule has 0 spiro atoms. The van der Waals surface area contributed by atoms with Crippen molar-refractivity contribution in [3.8, 4) is 5.69 Å². The third-order valence-corrected chi connectivity index (χ3v) is 4.96. The number of hydrogen-bond donors (Lipinski definition) is 0. The van der Waals surface area contributed by atoms with Gasteiger partial charge in [0.25, 0.3) is 0 Å². The van der Waals surface area contributed by atoms with Crippen LogP contribution in [0.4, 0.5) is 0 Å². The van der Waals surface area contributed by atoms with Gasteiger partial charge in [-0.05, 0) is 47.9 Å². The Morgan fingerprint density at radius 3 is 2.14 bits per heavy atom. The lowest BCUT2D eigenvalue weighted by atomic mass is 10.00. The molecule has 4 aromatic rings. The lowest BCUT2D eigenvalue weighted by Crippen LogP contribution is -2.07. The van der Waals surface area contributed by atoms with Crippen LogP contribution in [0.1, 0.15) is 28.4 Å². The second-order valence-corrected chi connectivity index (χ2v) is 7.23. The van der Waals surface area contributed by atoms with Gasteiger partial charge in [0.15, 0.2) is 0 Å². The molecule has 0 saturated heterocycles. The molecule has 0 amide bonds. The molecule has 4 rings (SSSR count). The molecule has 0 aliphatic rings. The van der Waals surface area contributed by atoms with E-state index in [4.69, 9.17) is 16.3 Å². The summed E-state index contributed by atoms with van der Waals surface area (Å²) >= 11 is 5.99. The molecule has 3 nitrogen and oxygen atoms in total. The van der Waals surface area contributed by atoms with E-state index in [1.807, 2.05) is 35.0 Å². The third kappa shape index (κ3) is 4.33. The average molecular weight is 389 g/mol. The van der Waals surface area contributed by atoms with Crippen molar-refractivity contribution in [1.82, 2.24) is 9.55 Å². The van der Waals surface area contributed by atoms with Crippen molar-refractivity contribution in [2.75, 3.05) is 0 Å². The molecule has 0 radical (unpaired) electrons. The number of hydrogen-bond acceptors (Lipinski definition) is 2. The Morgan fingerprint density at radius 1 is 0.893 bits per heavy atom. The van der Waals surface area contributed by atoms with Gasteiger partial charge in [0.05, 0.1) is 12.9 Å². The van der Waals surface area contributed by atoms with Gasteiger partial charge in [0, 0.05) is 23.1 Å². The molecule has 0 bridgehead atoms. The largest absolute Gasteiger partial charge is 0.364 e. The second kappa shape index (κ2) is 8.42. The zero-order chi connectivity index (χ0) is 19.3. The first-order valence-corrected chi connectivity index (χ1v) is 9.58. The summed E-state index contributed by atoms with van der Waals surface area (Å²) in [6, 6.07) is 24.7. The molecular formula is C24H21ClN2O. The summed E-state index contributed by atoms with van der Waals surface area (Å²) in [7, 11) is 0. The van der Waals surface area contributed by atoms with Crippen LogP contribution in [-0.2, 0) is 11.3 Å². The summed E-state index contributed by atoms with van der Waals surface area (Å²) in [5, 5.41) is 0.730. The molecule has 0 aliphatic carbocycles. The fourth-order valence-electron chi connectivity index (χ4n) is 3.12. The fraction of sp³-hybridized carbons (Fsp3) is 0.125. The molecule has 140 valence electrons. The zero-order valence-electron chi connectivity index (χ0n) is 15.6. The second-order valence-electron chi connectivity index (χ2n) is 6.79. The highest BCUT2D eigenvalue weighted by atomic mass is 35.5. The van der Waals surface area contributed by atoms with Gasteiger partial charge in [-0.25, -0.2) is 4.98 Å². The SMILES string of the molecule is Cc1ccc(C(OCc2ccc(Cl)cc2)c2ccc(-n3ccnc3)cc2)cc1. The number of imidazole rings is 1. The number of aryl methyl sites for hydroxylation is 1. The molecule has 28 heavy (non-hydrogen) atoms. The van der Waals surface area contributed by atoms with E-state index in [1.165, 1.54) is 5.56 Å². The number of rotatable bonds is 6. The molecule has 0 N–H and O–H groups in total.